The topological polar surface area (TPSA) is 76.4 Å². The van der Waals surface area contributed by atoms with Gasteiger partial charge >= 0.3 is 0 Å². The maximum Gasteiger partial charge on any atom is 0.254 e. The van der Waals surface area contributed by atoms with Gasteiger partial charge in [0, 0.05) is 26.9 Å². The first-order valence-corrected chi connectivity index (χ1v) is 6.06. The Morgan fingerprint density at radius 2 is 2.39 bits per heavy atom. The van der Waals surface area contributed by atoms with Gasteiger partial charge in [-0.25, -0.2) is 0 Å². The molecule has 0 spiro atoms. The molecule has 1 atom stereocenters. The lowest BCUT2D eigenvalue weighted by Gasteiger charge is -2.09. The van der Waals surface area contributed by atoms with Gasteiger partial charge in [-0.3, -0.25) is 9.48 Å². The number of hydrogen-bond acceptors (Lipinski definition) is 4. The number of methoxy groups -OCH3 is 1. The lowest BCUT2D eigenvalue weighted by molar-refractivity contribution is 0.0587. The Morgan fingerprint density at radius 3 is 3.00 bits per heavy atom. The maximum atomic E-state index is 11.9. The van der Waals surface area contributed by atoms with E-state index >= 15 is 0 Å². The van der Waals surface area contributed by atoms with E-state index in [2.05, 4.69) is 10.4 Å². The smallest absolute Gasteiger partial charge is 0.254 e. The van der Waals surface area contributed by atoms with E-state index in [-0.39, 0.29) is 12.5 Å². The minimum atomic E-state index is -0.546. The van der Waals surface area contributed by atoms with E-state index in [1.54, 1.807) is 17.9 Å². The zero-order chi connectivity index (χ0) is 13.5. The van der Waals surface area contributed by atoms with Crippen LogP contribution in [0.15, 0.2) is 6.20 Å². The third-order valence-electron chi connectivity index (χ3n) is 2.61. The van der Waals surface area contributed by atoms with Crippen molar-refractivity contribution in [3.05, 3.63) is 17.5 Å². The Bertz CT molecular complexity index is 390. The molecular formula is C12H21N3O3. The molecule has 0 saturated carbocycles. The number of carbonyl (C=O) groups is 1. The molecule has 0 saturated heterocycles. The molecule has 1 rings (SSSR count). The van der Waals surface area contributed by atoms with Crippen LogP contribution in [0.3, 0.4) is 0 Å². The summed E-state index contributed by atoms with van der Waals surface area (Å²) in [5.74, 6) is -0.149. The van der Waals surface area contributed by atoms with Crippen LogP contribution in [0.25, 0.3) is 0 Å². The molecule has 0 bridgehead atoms. The molecule has 0 aliphatic heterocycles. The molecule has 1 aromatic heterocycles. The van der Waals surface area contributed by atoms with Gasteiger partial charge in [-0.1, -0.05) is 6.92 Å². The van der Waals surface area contributed by atoms with E-state index in [0.717, 1.165) is 12.1 Å². The Kier molecular flexibility index (Phi) is 5.80. The van der Waals surface area contributed by atoms with Crippen LogP contribution in [0.2, 0.25) is 0 Å². The molecule has 6 nitrogen and oxygen atoms in total. The molecule has 1 unspecified atom stereocenters. The number of hydrogen-bond donors (Lipinski definition) is 2. The molecule has 6 heteroatoms. The van der Waals surface area contributed by atoms with Gasteiger partial charge in [-0.15, -0.1) is 0 Å². The molecule has 0 aliphatic rings. The van der Waals surface area contributed by atoms with Crippen molar-refractivity contribution in [1.29, 1.82) is 0 Å². The summed E-state index contributed by atoms with van der Waals surface area (Å²) in [6.45, 7) is 2.66. The van der Waals surface area contributed by atoms with Gasteiger partial charge in [0.1, 0.15) is 0 Å². The van der Waals surface area contributed by atoms with E-state index in [9.17, 15) is 9.90 Å². The largest absolute Gasteiger partial charge is 0.391 e. The molecule has 0 fully saturated rings. The molecule has 1 aromatic rings. The first-order chi connectivity index (χ1) is 8.58. The van der Waals surface area contributed by atoms with Crippen molar-refractivity contribution in [1.82, 2.24) is 15.1 Å². The second-order valence-corrected chi connectivity index (χ2v) is 4.17. The zero-order valence-corrected chi connectivity index (χ0v) is 11.1. The summed E-state index contributed by atoms with van der Waals surface area (Å²) in [5.41, 5.74) is 1.38. The molecular weight excluding hydrogens is 234 g/mol. The van der Waals surface area contributed by atoms with Crippen LogP contribution >= 0.6 is 0 Å². The van der Waals surface area contributed by atoms with E-state index in [0.29, 0.717) is 18.5 Å². The van der Waals surface area contributed by atoms with Crippen LogP contribution in [0.5, 0.6) is 0 Å². The van der Waals surface area contributed by atoms with Gasteiger partial charge < -0.3 is 15.2 Å². The number of aliphatic hydroxyl groups excluding tert-OH is 1. The Labute approximate surface area is 107 Å². The van der Waals surface area contributed by atoms with E-state index in [1.165, 1.54) is 7.11 Å². The normalized spacial score (nSPS) is 12.4. The summed E-state index contributed by atoms with van der Waals surface area (Å²) in [5, 5.41) is 16.4. The minimum Gasteiger partial charge on any atom is -0.391 e. The molecule has 18 heavy (non-hydrogen) atoms. The fraction of sp³-hybridized carbons (Fsp3) is 0.667. The third kappa shape index (κ3) is 4.12. The minimum absolute atomic E-state index is 0.149. The standard InChI is InChI=1S/C12H21N3O3/c1-4-11-10(7-15(2)14-11)12(17)13-6-5-9(16)8-18-3/h7,9,16H,4-6,8H2,1-3H3,(H,13,17). The quantitative estimate of drug-likeness (QED) is 0.725. The Hall–Kier alpha value is -1.40. The van der Waals surface area contributed by atoms with E-state index in [1.807, 2.05) is 6.92 Å². The number of amides is 1. The Morgan fingerprint density at radius 1 is 1.67 bits per heavy atom. The molecule has 1 amide bonds. The third-order valence-corrected chi connectivity index (χ3v) is 2.61. The first kappa shape index (κ1) is 14.7. The van der Waals surface area contributed by atoms with Crippen LogP contribution in [0.1, 0.15) is 29.4 Å². The predicted molar refractivity (Wildman–Crippen MR) is 67.4 cm³/mol. The summed E-state index contributed by atoms with van der Waals surface area (Å²) < 4.78 is 6.44. The van der Waals surface area contributed by atoms with E-state index < -0.39 is 6.10 Å². The lowest BCUT2D eigenvalue weighted by Crippen LogP contribution is -2.28. The van der Waals surface area contributed by atoms with Gasteiger partial charge in [-0.2, -0.15) is 5.10 Å². The SMILES string of the molecule is CCc1nn(C)cc1C(=O)NCCC(O)COC. The van der Waals surface area contributed by atoms with Crippen molar-refractivity contribution in [3.63, 3.8) is 0 Å². The summed E-state index contributed by atoms with van der Waals surface area (Å²) in [6, 6.07) is 0. The van der Waals surface area contributed by atoms with Crippen LogP contribution in [0, 0.1) is 0 Å². The van der Waals surface area contributed by atoms with Crippen LogP contribution in [-0.2, 0) is 18.2 Å². The number of nitrogens with zero attached hydrogens (tertiary/aromatic N) is 2. The molecule has 102 valence electrons. The molecule has 2 N–H and O–H groups in total. The van der Waals surface area contributed by atoms with Gasteiger partial charge in [0.05, 0.1) is 24.0 Å². The highest BCUT2D eigenvalue weighted by Gasteiger charge is 2.14. The van der Waals surface area contributed by atoms with Crippen molar-refractivity contribution in [3.8, 4) is 0 Å². The average molecular weight is 255 g/mol. The molecule has 0 radical (unpaired) electrons. The van der Waals surface area contributed by atoms with Crippen LogP contribution < -0.4 is 5.32 Å². The second kappa shape index (κ2) is 7.13. The lowest BCUT2D eigenvalue weighted by atomic mass is 10.2. The summed E-state index contributed by atoms with van der Waals surface area (Å²) in [4.78, 5) is 11.9. The number of rotatable bonds is 7. The van der Waals surface area contributed by atoms with E-state index in [4.69, 9.17) is 4.74 Å². The average Bonchev–Trinajstić information content (AvgIpc) is 2.70. The predicted octanol–water partition coefficient (Wildman–Crippen LogP) is 0.110. The number of carbonyl (C=O) groups excluding carboxylic acids is 1. The number of ether oxygens (including phenoxy) is 1. The van der Waals surface area contributed by atoms with Crippen molar-refractivity contribution in [2.24, 2.45) is 7.05 Å². The maximum absolute atomic E-state index is 11.9. The van der Waals surface area contributed by atoms with Gasteiger partial charge in [0.25, 0.3) is 5.91 Å². The van der Waals surface area contributed by atoms with Gasteiger partial charge in [0.2, 0.25) is 0 Å². The van der Waals surface area contributed by atoms with Crippen molar-refractivity contribution >= 4 is 5.91 Å². The Balaban J connectivity index is 2.45. The van der Waals surface area contributed by atoms with Crippen molar-refractivity contribution in [2.45, 2.75) is 25.9 Å². The number of aromatic nitrogens is 2. The summed E-state index contributed by atoms with van der Waals surface area (Å²) >= 11 is 0. The number of aryl methyl sites for hydroxylation is 2. The fourth-order valence-electron chi connectivity index (χ4n) is 1.71. The zero-order valence-electron chi connectivity index (χ0n) is 11.1. The fourth-order valence-corrected chi connectivity index (χ4v) is 1.71. The van der Waals surface area contributed by atoms with Crippen molar-refractivity contribution in [2.75, 3.05) is 20.3 Å². The molecule has 0 aromatic carbocycles. The number of aliphatic hydroxyl groups is 1. The van der Waals surface area contributed by atoms with Gasteiger partial charge in [0.15, 0.2) is 0 Å². The van der Waals surface area contributed by atoms with Crippen molar-refractivity contribution < 1.29 is 14.6 Å². The summed E-state index contributed by atoms with van der Waals surface area (Å²) in [7, 11) is 3.32. The molecule has 0 aliphatic carbocycles. The summed E-state index contributed by atoms with van der Waals surface area (Å²) in [6.07, 6.45) is 2.35. The first-order valence-electron chi connectivity index (χ1n) is 6.06. The highest BCUT2D eigenvalue weighted by molar-refractivity contribution is 5.95. The molecule has 1 heterocycles. The van der Waals surface area contributed by atoms with Crippen LogP contribution in [-0.4, -0.2) is 47.2 Å². The van der Waals surface area contributed by atoms with Crippen LogP contribution in [0.4, 0.5) is 0 Å². The second-order valence-electron chi connectivity index (χ2n) is 4.17. The van der Waals surface area contributed by atoms with Gasteiger partial charge in [-0.05, 0) is 12.8 Å². The monoisotopic (exact) mass is 255 g/mol. The highest BCUT2D eigenvalue weighted by Crippen LogP contribution is 2.06. The highest BCUT2D eigenvalue weighted by atomic mass is 16.5. The number of nitrogens with one attached hydrogen (secondary N) is 1.